The molecule has 0 spiro atoms. The van der Waals surface area contributed by atoms with E-state index in [0.717, 1.165) is 30.2 Å². The number of aromatic nitrogens is 1. The van der Waals surface area contributed by atoms with E-state index >= 15 is 0 Å². The Morgan fingerprint density at radius 1 is 1.19 bits per heavy atom. The minimum atomic E-state index is -0.691. The van der Waals surface area contributed by atoms with Crippen molar-refractivity contribution in [2.45, 2.75) is 6.42 Å². The number of rotatable bonds is 6. The van der Waals surface area contributed by atoms with Gasteiger partial charge in [-0.3, -0.25) is 14.7 Å². The first-order valence-electron chi connectivity index (χ1n) is 6.62. The van der Waals surface area contributed by atoms with Crippen molar-refractivity contribution < 1.29 is 13.6 Å². The van der Waals surface area contributed by atoms with Crippen LogP contribution >= 0.6 is 0 Å². The molecule has 0 aliphatic carbocycles. The quantitative estimate of drug-likeness (QED) is 0.767. The molecule has 110 valence electrons. The summed E-state index contributed by atoms with van der Waals surface area (Å²) in [6.07, 6.45) is 4.18. The number of ketones is 1. The lowest BCUT2D eigenvalue weighted by atomic mass is 10.1. The lowest BCUT2D eigenvalue weighted by Gasteiger charge is -2.15. The third-order valence-electron chi connectivity index (χ3n) is 3.17. The summed E-state index contributed by atoms with van der Waals surface area (Å²) in [5.74, 6) is -1.73. The van der Waals surface area contributed by atoms with Crippen molar-refractivity contribution in [3.8, 4) is 0 Å². The van der Waals surface area contributed by atoms with Crippen LogP contribution in [0.2, 0.25) is 0 Å². The highest BCUT2D eigenvalue weighted by molar-refractivity contribution is 5.97. The maximum atomic E-state index is 13.5. The fourth-order valence-electron chi connectivity index (χ4n) is 1.99. The molecular weight excluding hydrogens is 274 g/mol. The fraction of sp³-hybridized carbons (Fsp3) is 0.250. The highest BCUT2D eigenvalue weighted by Gasteiger charge is 2.14. The number of halogens is 2. The molecule has 0 atom stereocenters. The molecule has 1 heterocycles. The smallest absolute Gasteiger partial charge is 0.179 e. The van der Waals surface area contributed by atoms with Crippen molar-refractivity contribution in [1.29, 1.82) is 0 Å². The molecule has 5 heteroatoms. The van der Waals surface area contributed by atoms with Crippen LogP contribution in [0.1, 0.15) is 15.9 Å². The van der Waals surface area contributed by atoms with E-state index in [9.17, 15) is 13.6 Å². The Morgan fingerprint density at radius 2 is 1.90 bits per heavy atom. The topological polar surface area (TPSA) is 33.2 Å². The Hall–Kier alpha value is -2.14. The molecule has 0 fully saturated rings. The number of carbonyl (C=O) groups is 1. The number of benzene rings is 1. The third-order valence-corrected chi connectivity index (χ3v) is 3.17. The van der Waals surface area contributed by atoms with Gasteiger partial charge in [0.15, 0.2) is 5.78 Å². The summed E-state index contributed by atoms with van der Waals surface area (Å²) in [5.41, 5.74) is 0.909. The predicted molar refractivity (Wildman–Crippen MR) is 76.1 cm³/mol. The second-order valence-electron chi connectivity index (χ2n) is 4.89. The average molecular weight is 290 g/mol. The molecule has 0 radical (unpaired) electrons. The monoisotopic (exact) mass is 290 g/mol. The van der Waals surface area contributed by atoms with Gasteiger partial charge in [-0.1, -0.05) is 0 Å². The standard InChI is InChI=1S/C16H16F2N2O/c1-20(9-6-12-4-7-19-8-5-12)11-16(21)14-10-13(17)2-3-15(14)18/h2-5,7-8,10H,6,9,11H2,1H3. The minimum Gasteiger partial charge on any atom is -0.299 e. The molecular formula is C16H16F2N2O. The van der Waals surface area contributed by atoms with Gasteiger partial charge in [0.25, 0.3) is 0 Å². The normalized spacial score (nSPS) is 10.9. The summed E-state index contributed by atoms with van der Waals surface area (Å²) in [6, 6.07) is 6.72. The highest BCUT2D eigenvalue weighted by atomic mass is 19.1. The number of hydrogen-bond acceptors (Lipinski definition) is 3. The average Bonchev–Trinajstić information content (AvgIpc) is 2.48. The first-order valence-corrected chi connectivity index (χ1v) is 6.62. The van der Waals surface area contributed by atoms with Crippen LogP contribution < -0.4 is 0 Å². The third kappa shape index (κ3) is 4.43. The van der Waals surface area contributed by atoms with E-state index in [4.69, 9.17) is 0 Å². The van der Waals surface area contributed by atoms with Crippen molar-refractivity contribution in [3.05, 3.63) is 65.5 Å². The van der Waals surface area contributed by atoms with Gasteiger partial charge in [0.2, 0.25) is 0 Å². The van der Waals surface area contributed by atoms with Gasteiger partial charge >= 0.3 is 0 Å². The van der Waals surface area contributed by atoms with Gasteiger partial charge in [-0.05, 0) is 49.4 Å². The summed E-state index contributed by atoms with van der Waals surface area (Å²) < 4.78 is 26.6. The van der Waals surface area contributed by atoms with Crippen molar-refractivity contribution >= 4 is 5.78 Å². The molecule has 1 aromatic heterocycles. The van der Waals surface area contributed by atoms with Gasteiger partial charge in [-0.25, -0.2) is 8.78 Å². The van der Waals surface area contributed by atoms with E-state index in [2.05, 4.69) is 4.98 Å². The summed E-state index contributed by atoms with van der Waals surface area (Å²) >= 11 is 0. The molecule has 0 amide bonds. The van der Waals surface area contributed by atoms with Crippen molar-refractivity contribution in [1.82, 2.24) is 9.88 Å². The first-order chi connectivity index (χ1) is 10.1. The number of nitrogens with zero attached hydrogens (tertiary/aromatic N) is 2. The minimum absolute atomic E-state index is 0.0471. The Bertz CT molecular complexity index is 617. The van der Waals surface area contributed by atoms with Gasteiger partial charge in [-0.15, -0.1) is 0 Å². The maximum Gasteiger partial charge on any atom is 0.179 e. The molecule has 2 aromatic rings. The maximum absolute atomic E-state index is 13.5. The van der Waals surface area contributed by atoms with Crippen LogP contribution in [0.25, 0.3) is 0 Å². The van der Waals surface area contributed by atoms with Gasteiger partial charge < -0.3 is 0 Å². The zero-order chi connectivity index (χ0) is 15.2. The Morgan fingerprint density at radius 3 is 2.62 bits per heavy atom. The van der Waals surface area contributed by atoms with Gasteiger partial charge in [0, 0.05) is 18.9 Å². The highest BCUT2D eigenvalue weighted by Crippen LogP contribution is 2.11. The summed E-state index contributed by atoms with van der Waals surface area (Å²) in [6.45, 7) is 0.693. The number of likely N-dealkylation sites (N-methyl/N-ethyl adjacent to an activating group) is 1. The van der Waals surface area contributed by atoms with Crippen LogP contribution in [-0.2, 0) is 6.42 Å². The van der Waals surface area contributed by atoms with E-state index in [1.807, 2.05) is 12.1 Å². The lowest BCUT2D eigenvalue weighted by molar-refractivity contribution is 0.0942. The van der Waals surface area contributed by atoms with Gasteiger partial charge in [0.05, 0.1) is 12.1 Å². The Kier molecular flexibility index (Phi) is 5.11. The van der Waals surface area contributed by atoms with Crippen molar-refractivity contribution in [2.24, 2.45) is 0 Å². The summed E-state index contributed by atoms with van der Waals surface area (Å²) in [5, 5.41) is 0. The molecule has 0 unspecified atom stereocenters. The van der Waals surface area contributed by atoms with Crippen LogP contribution in [0.3, 0.4) is 0 Å². The Balaban J connectivity index is 1.91. The molecule has 0 N–H and O–H groups in total. The van der Waals surface area contributed by atoms with E-state index < -0.39 is 17.4 Å². The van der Waals surface area contributed by atoms with E-state index in [1.54, 1.807) is 24.3 Å². The summed E-state index contributed by atoms with van der Waals surface area (Å²) in [7, 11) is 1.77. The zero-order valence-corrected chi connectivity index (χ0v) is 11.7. The van der Waals surface area contributed by atoms with Gasteiger partial charge in [-0.2, -0.15) is 0 Å². The van der Waals surface area contributed by atoms with E-state index in [-0.39, 0.29) is 12.1 Å². The first kappa shape index (κ1) is 15.3. The second kappa shape index (κ2) is 7.04. The predicted octanol–water partition coefficient (Wildman–Crippen LogP) is 2.72. The molecule has 1 aromatic carbocycles. The fourth-order valence-corrected chi connectivity index (χ4v) is 1.99. The molecule has 0 bridgehead atoms. The number of pyridine rings is 1. The molecule has 21 heavy (non-hydrogen) atoms. The lowest BCUT2D eigenvalue weighted by Crippen LogP contribution is -2.28. The largest absolute Gasteiger partial charge is 0.299 e. The second-order valence-corrected chi connectivity index (χ2v) is 4.89. The molecule has 0 aliphatic rings. The van der Waals surface area contributed by atoms with Crippen LogP contribution in [0, 0.1) is 11.6 Å². The van der Waals surface area contributed by atoms with Crippen molar-refractivity contribution in [2.75, 3.05) is 20.1 Å². The molecule has 0 saturated carbocycles. The SMILES string of the molecule is CN(CCc1ccncc1)CC(=O)c1cc(F)ccc1F. The molecule has 0 aliphatic heterocycles. The number of hydrogen-bond donors (Lipinski definition) is 0. The van der Waals surface area contributed by atoms with Crippen LogP contribution in [0.15, 0.2) is 42.7 Å². The molecule has 2 rings (SSSR count). The molecule has 0 saturated heterocycles. The summed E-state index contributed by atoms with van der Waals surface area (Å²) in [4.78, 5) is 17.7. The van der Waals surface area contributed by atoms with E-state index in [1.165, 1.54) is 0 Å². The molecule has 3 nitrogen and oxygen atoms in total. The zero-order valence-electron chi connectivity index (χ0n) is 11.7. The van der Waals surface area contributed by atoms with Crippen molar-refractivity contribution in [3.63, 3.8) is 0 Å². The Labute approximate surface area is 122 Å². The number of carbonyl (C=O) groups excluding carboxylic acids is 1. The van der Waals surface area contributed by atoms with Crippen LogP contribution in [0.4, 0.5) is 8.78 Å². The van der Waals surface area contributed by atoms with Crippen LogP contribution in [-0.4, -0.2) is 35.8 Å². The number of Topliss-reactive ketones (excluding diaryl/α,β-unsaturated/α-hetero) is 1. The van der Waals surface area contributed by atoms with Crippen LogP contribution in [0.5, 0.6) is 0 Å². The van der Waals surface area contributed by atoms with Gasteiger partial charge in [0.1, 0.15) is 11.6 Å². The van der Waals surface area contributed by atoms with E-state index in [0.29, 0.717) is 6.54 Å².